The highest BCUT2D eigenvalue weighted by atomic mass is 15.4. The molecule has 3 fully saturated rings. The Balaban J connectivity index is 1.67. The molecule has 3 aliphatic rings. The van der Waals surface area contributed by atoms with Crippen LogP contribution in [0.5, 0.6) is 0 Å². The summed E-state index contributed by atoms with van der Waals surface area (Å²) in [6, 6.07) is 0.0898. The van der Waals surface area contributed by atoms with Crippen molar-refractivity contribution < 1.29 is 0 Å². The number of aromatic nitrogens is 3. The van der Waals surface area contributed by atoms with Crippen LogP contribution in [0.3, 0.4) is 0 Å². The lowest BCUT2D eigenvalue weighted by Gasteiger charge is -2.38. The zero-order chi connectivity index (χ0) is 20.5. The van der Waals surface area contributed by atoms with E-state index < -0.39 is 0 Å². The van der Waals surface area contributed by atoms with Gasteiger partial charge in [-0.15, -0.1) is 0 Å². The SMILES string of the molecule is CC1CCCN(c2nc(N3C[C@H](N)C[C@H](N)C3)nc(N3C[C@H](N)C[C@H](N)C3)n2)C1. The standard InChI is InChI=1S/C19H36N10/c1-12-3-2-4-27(7-12)17-24-18(28-8-13(20)5-14(21)9-28)26-19(25-17)29-10-15(22)6-16(23)11-29/h12-16H,2-11,20-23H2,1H3/t12?,13-,14+,15-,16+. The van der Waals surface area contributed by atoms with Crippen molar-refractivity contribution in [1.29, 1.82) is 0 Å². The molecule has 10 heteroatoms. The van der Waals surface area contributed by atoms with Crippen LogP contribution < -0.4 is 37.6 Å². The molecule has 29 heavy (non-hydrogen) atoms. The van der Waals surface area contributed by atoms with E-state index in [1.807, 2.05) is 0 Å². The van der Waals surface area contributed by atoms with E-state index >= 15 is 0 Å². The molecule has 1 aromatic rings. The van der Waals surface area contributed by atoms with Gasteiger partial charge in [0.1, 0.15) is 0 Å². The lowest BCUT2D eigenvalue weighted by molar-refractivity contribution is 0.433. The van der Waals surface area contributed by atoms with Gasteiger partial charge in [0.15, 0.2) is 0 Å². The fourth-order valence-electron chi connectivity index (χ4n) is 4.82. The van der Waals surface area contributed by atoms with Crippen molar-refractivity contribution in [3.05, 3.63) is 0 Å². The molecule has 8 N–H and O–H groups in total. The number of hydrogen-bond donors (Lipinski definition) is 4. The Labute approximate surface area is 173 Å². The second-order valence-corrected chi connectivity index (χ2v) is 9.25. The van der Waals surface area contributed by atoms with E-state index in [1.165, 1.54) is 6.42 Å². The van der Waals surface area contributed by atoms with Crippen LogP contribution in [0.1, 0.15) is 32.6 Å². The highest BCUT2D eigenvalue weighted by Crippen LogP contribution is 2.26. The molecular weight excluding hydrogens is 368 g/mol. The van der Waals surface area contributed by atoms with E-state index in [-0.39, 0.29) is 24.2 Å². The average molecular weight is 405 g/mol. The Hall–Kier alpha value is -1.75. The van der Waals surface area contributed by atoms with E-state index in [9.17, 15) is 0 Å². The number of nitrogens with two attached hydrogens (primary N) is 4. The van der Waals surface area contributed by atoms with Crippen molar-refractivity contribution in [3.8, 4) is 0 Å². The molecule has 0 saturated carbocycles. The topological polar surface area (TPSA) is 152 Å². The maximum atomic E-state index is 6.22. The maximum absolute atomic E-state index is 6.22. The third-order valence-electron chi connectivity index (χ3n) is 6.14. The maximum Gasteiger partial charge on any atom is 0.232 e. The minimum absolute atomic E-state index is 0.0225. The van der Waals surface area contributed by atoms with E-state index in [0.717, 1.165) is 38.3 Å². The van der Waals surface area contributed by atoms with Gasteiger partial charge in [-0.2, -0.15) is 15.0 Å². The van der Waals surface area contributed by atoms with Gasteiger partial charge >= 0.3 is 0 Å². The van der Waals surface area contributed by atoms with Gasteiger partial charge in [0.05, 0.1) is 0 Å². The first-order valence-electron chi connectivity index (χ1n) is 10.9. The summed E-state index contributed by atoms with van der Waals surface area (Å²) in [5, 5.41) is 0. The molecule has 3 aliphatic heterocycles. The summed E-state index contributed by atoms with van der Waals surface area (Å²) in [7, 11) is 0. The van der Waals surface area contributed by atoms with Gasteiger partial charge < -0.3 is 37.6 Å². The molecule has 0 aliphatic carbocycles. The summed E-state index contributed by atoms with van der Waals surface area (Å²) in [5.41, 5.74) is 24.9. The van der Waals surface area contributed by atoms with Gasteiger partial charge in [-0.25, -0.2) is 0 Å². The van der Waals surface area contributed by atoms with Crippen LogP contribution in [-0.2, 0) is 0 Å². The van der Waals surface area contributed by atoms with E-state index in [0.29, 0.717) is 44.0 Å². The van der Waals surface area contributed by atoms with Crippen molar-refractivity contribution in [2.75, 3.05) is 54.0 Å². The summed E-state index contributed by atoms with van der Waals surface area (Å²) < 4.78 is 0. The van der Waals surface area contributed by atoms with Gasteiger partial charge in [0.2, 0.25) is 17.8 Å². The number of hydrogen-bond acceptors (Lipinski definition) is 10. The average Bonchev–Trinajstić information content (AvgIpc) is 2.66. The van der Waals surface area contributed by atoms with E-state index in [4.69, 9.17) is 37.9 Å². The molecule has 10 nitrogen and oxygen atoms in total. The zero-order valence-corrected chi connectivity index (χ0v) is 17.5. The molecular formula is C19H36N10. The first kappa shape index (κ1) is 20.5. The molecule has 0 amide bonds. The monoisotopic (exact) mass is 404 g/mol. The number of nitrogens with zero attached hydrogens (tertiary/aromatic N) is 6. The third kappa shape index (κ3) is 4.88. The molecule has 0 radical (unpaired) electrons. The van der Waals surface area contributed by atoms with Crippen LogP contribution in [0.15, 0.2) is 0 Å². The quantitative estimate of drug-likeness (QED) is 0.485. The van der Waals surface area contributed by atoms with Crippen LogP contribution >= 0.6 is 0 Å². The summed E-state index contributed by atoms with van der Waals surface area (Å²) >= 11 is 0. The normalized spacial score (nSPS) is 33.8. The van der Waals surface area contributed by atoms with Gasteiger partial charge in [0, 0.05) is 63.4 Å². The summed E-state index contributed by atoms with van der Waals surface area (Å²) in [5.74, 6) is 2.67. The summed E-state index contributed by atoms with van der Waals surface area (Å²) in [6.07, 6.45) is 4.03. The highest BCUT2D eigenvalue weighted by molar-refractivity contribution is 5.48. The van der Waals surface area contributed by atoms with E-state index in [2.05, 4.69) is 21.6 Å². The molecule has 1 aromatic heterocycles. The molecule has 1 unspecified atom stereocenters. The van der Waals surface area contributed by atoms with Crippen molar-refractivity contribution in [1.82, 2.24) is 15.0 Å². The second-order valence-electron chi connectivity index (χ2n) is 9.25. The van der Waals surface area contributed by atoms with Crippen molar-refractivity contribution in [3.63, 3.8) is 0 Å². The Kier molecular flexibility index (Phi) is 6.05. The largest absolute Gasteiger partial charge is 0.340 e. The lowest BCUT2D eigenvalue weighted by Crippen LogP contribution is -2.54. The first-order chi connectivity index (χ1) is 13.9. The third-order valence-corrected chi connectivity index (χ3v) is 6.14. The molecule has 0 spiro atoms. The predicted molar refractivity (Wildman–Crippen MR) is 116 cm³/mol. The first-order valence-corrected chi connectivity index (χ1v) is 10.9. The van der Waals surface area contributed by atoms with Crippen molar-refractivity contribution in [2.45, 2.75) is 56.8 Å². The van der Waals surface area contributed by atoms with Crippen molar-refractivity contribution in [2.24, 2.45) is 28.9 Å². The minimum Gasteiger partial charge on any atom is -0.340 e. The molecule has 0 bridgehead atoms. The fourth-order valence-corrected chi connectivity index (χ4v) is 4.82. The van der Waals surface area contributed by atoms with Crippen LogP contribution in [-0.4, -0.2) is 78.4 Å². The predicted octanol–water partition coefficient (Wildman–Crippen LogP) is -1.16. The molecule has 3 saturated heterocycles. The van der Waals surface area contributed by atoms with Crippen LogP contribution in [0.4, 0.5) is 17.8 Å². The van der Waals surface area contributed by atoms with Gasteiger partial charge in [-0.1, -0.05) is 6.92 Å². The summed E-state index contributed by atoms with van der Waals surface area (Å²) in [6.45, 7) is 7.00. The number of rotatable bonds is 3. The minimum atomic E-state index is 0.0225. The number of anilines is 3. The molecule has 5 atom stereocenters. The van der Waals surface area contributed by atoms with Crippen LogP contribution in [0.25, 0.3) is 0 Å². The smallest absolute Gasteiger partial charge is 0.232 e. The Morgan fingerprint density at radius 3 is 1.48 bits per heavy atom. The van der Waals surface area contributed by atoms with Crippen LogP contribution in [0.2, 0.25) is 0 Å². The molecule has 162 valence electrons. The fraction of sp³-hybridized carbons (Fsp3) is 0.842. The second kappa shape index (κ2) is 8.55. The Bertz CT molecular complexity index is 635. The Morgan fingerprint density at radius 2 is 1.07 bits per heavy atom. The van der Waals surface area contributed by atoms with Gasteiger partial charge in [0.25, 0.3) is 0 Å². The molecule has 4 heterocycles. The van der Waals surface area contributed by atoms with Gasteiger partial charge in [-0.05, 0) is 31.6 Å². The zero-order valence-electron chi connectivity index (χ0n) is 17.5. The van der Waals surface area contributed by atoms with Crippen molar-refractivity contribution >= 4 is 17.8 Å². The summed E-state index contributed by atoms with van der Waals surface area (Å²) in [4.78, 5) is 21.0. The number of piperidine rings is 3. The molecule has 0 aromatic carbocycles. The Morgan fingerprint density at radius 1 is 0.655 bits per heavy atom. The van der Waals surface area contributed by atoms with E-state index in [1.54, 1.807) is 0 Å². The highest BCUT2D eigenvalue weighted by Gasteiger charge is 2.30. The lowest BCUT2D eigenvalue weighted by atomic mass is 10.0. The van der Waals surface area contributed by atoms with Gasteiger partial charge in [-0.3, -0.25) is 0 Å². The van der Waals surface area contributed by atoms with Crippen LogP contribution in [0, 0.1) is 5.92 Å². The molecule has 4 rings (SSSR count).